The Kier molecular flexibility index (Phi) is 4.22. The predicted octanol–water partition coefficient (Wildman–Crippen LogP) is 0.353. The number of hydrogen-bond donors (Lipinski definition) is 0. The van der Waals surface area contributed by atoms with Gasteiger partial charge in [0.05, 0.1) is 30.6 Å². The smallest absolute Gasteiger partial charge is 0.222 e. The summed E-state index contributed by atoms with van der Waals surface area (Å²) in [6, 6.07) is 0.0640. The summed E-state index contributed by atoms with van der Waals surface area (Å²) in [7, 11) is 0. The monoisotopic (exact) mass is 333 g/mol. The molecule has 1 aromatic rings. The number of hydrogen-bond acceptors (Lipinski definition) is 5. The highest BCUT2D eigenvalue weighted by molar-refractivity contribution is 5.78. The molecule has 0 saturated carbocycles. The quantitative estimate of drug-likeness (QED) is 0.794. The van der Waals surface area contributed by atoms with Crippen molar-refractivity contribution in [3.8, 4) is 0 Å². The fourth-order valence-corrected chi connectivity index (χ4v) is 3.93. The summed E-state index contributed by atoms with van der Waals surface area (Å²) >= 11 is 0. The molecule has 130 valence electrons. The van der Waals surface area contributed by atoms with Gasteiger partial charge < -0.3 is 14.5 Å². The molecule has 0 N–H and O–H groups in total. The maximum absolute atomic E-state index is 12.5. The first kappa shape index (κ1) is 15.6. The number of carbonyl (C=O) groups is 2. The topological polar surface area (TPSA) is 80.6 Å². The van der Waals surface area contributed by atoms with Crippen molar-refractivity contribution < 1.29 is 14.3 Å². The molecular weight excluding hydrogens is 310 g/mol. The van der Waals surface area contributed by atoms with E-state index in [0.29, 0.717) is 32.5 Å². The minimum absolute atomic E-state index is 0.0640. The van der Waals surface area contributed by atoms with Gasteiger partial charge in [-0.05, 0) is 19.3 Å². The van der Waals surface area contributed by atoms with Crippen molar-refractivity contribution in [1.29, 1.82) is 0 Å². The van der Waals surface area contributed by atoms with E-state index < -0.39 is 0 Å². The molecule has 3 aliphatic heterocycles. The lowest BCUT2D eigenvalue weighted by atomic mass is 10.00. The van der Waals surface area contributed by atoms with Gasteiger partial charge in [0.1, 0.15) is 0 Å². The second-order valence-electron chi connectivity index (χ2n) is 6.80. The van der Waals surface area contributed by atoms with Gasteiger partial charge in [-0.25, -0.2) is 4.68 Å². The highest BCUT2D eigenvalue weighted by Crippen LogP contribution is 2.30. The molecule has 4 rings (SSSR count). The van der Waals surface area contributed by atoms with E-state index in [1.165, 1.54) is 0 Å². The lowest BCUT2D eigenvalue weighted by Crippen LogP contribution is -2.50. The lowest BCUT2D eigenvalue weighted by molar-refractivity contribution is -0.138. The van der Waals surface area contributed by atoms with E-state index >= 15 is 0 Å². The van der Waals surface area contributed by atoms with E-state index in [4.69, 9.17) is 4.74 Å². The number of nitrogens with zero attached hydrogens (tertiary/aromatic N) is 5. The zero-order valence-corrected chi connectivity index (χ0v) is 13.8. The predicted molar refractivity (Wildman–Crippen MR) is 83.9 cm³/mol. The second kappa shape index (κ2) is 6.51. The van der Waals surface area contributed by atoms with Crippen LogP contribution in [0.25, 0.3) is 0 Å². The van der Waals surface area contributed by atoms with Crippen molar-refractivity contribution in [1.82, 2.24) is 24.8 Å². The standard InChI is InChI=1S/C16H23N5O3/c22-15-3-1-6-19(15)7-2-4-16(23)20-8-5-14-13(10-20)21-12(11-24-14)9-17-18-21/h9,13-14H,1-8,10-11H2/t13-,14-/m1/s1. The summed E-state index contributed by atoms with van der Waals surface area (Å²) in [5, 5.41) is 8.12. The largest absolute Gasteiger partial charge is 0.370 e. The first-order chi connectivity index (χ1) is 11.7. The highest BCUT2D eigenvalue weighted by Gasteiger charge is 2.37. The fraction of sp³-hybridized carbons (Fsp3) is 0.750. The van der Waals surface area contributed by atoms with Gasteiger partial charge in [-0.3, -0.25) is 9.59 Å². The summed E-state index contributed by atoms with van der Waals surface area (Å²) in [5.74, 6) is 0.383. The van der Waals surface area contributed by atoms with E-state index in [2.05, 4.69) is 10.3 Å². The van der Waals surface area contributed by atoms with Gasteiger partial charge in [-0.2, -0.15) is 0 Å². The van der Waals surface area contributed by atoms with Crippen LogP contribution in [0.15, 0.2) is 6.20 Å². The summed E-state index contributed by atoms with van der Waals surface area (Å²) in [6.45, 7) is 3.44. The average molecular weight is 333 g/mol. The van der Waals surface area contributed by atoms with Crippen molar-refractivity contribution in [2.24, 2.45) is 0 Å². The van der Waals surface area contributed by atoms with Crippen molar-refractivity contribution in [2.75, 3.05) is 26.2 Å². The molecule has 2 fully saturated rings. The minimum atomic E-state index is 0.0640. The number of carbonyl (C=O) groups excluding carboxylic acids is 2. The molecule has 0 bridgehead atoms. The Balaban J connectivity index is 1.31. The molecule has 0 aliphatic carbocycles. The van der Waals surface area contributed by atoms with Crippen molar-refractivity contribution in [3.05, 3.63) is 11.9 Å². The van der Waals surface area contributed by atoms with Crippen molar-refractivity contribution in [2.45, 2.75) is 50.9 Å². The van der Waals surface area contributed by atoms with E-state index in [9.17, 15) is 9.59 Å². The van der Waals surface area contributed by atoms with E-state index in [1.54, 1.807) is 6.20 Å². The van der Waals surface area contributed by atoms with Crippen LogP contribution in [-0.4, -0.2) is 68.9 Å². The molecule has 0 unspecified atom stereocenters. The molecular formula is C16H23N5O3. The molecule has 8 heteroatoms. The average Bonchev–Trinajstić information content (AvgIpc) is 3.23. The van der Waals surface area contributed by atoms with Gasteiger partial charge in [0.15, 0.2) is 0 Å². The van der Waals surface area contributed by atoms with Gasteiger partial charge in [-0.1, -0.05) is 5.21 Å². The van der Waals surface area contributed by atoms with Crippen molar-refractivity contribution in [3.63, 3.8) is 0 Å². The Morgan fingerprint density at radius 3 is 3.12 bits per heavy atom. The third-order valence-electron chi connectivity index (χ3n) is 5.27. The van der Waals surface area contributed by atoms with Crippen LogP contribution in [0.4, 0.5) is 0 Å². The zero-order chi connectivity index (χ0) is 16.5. The van der Waals surface area contributed by atoms with E-state index in [0.717, 1.165) is 38.0 Å². The van der Waals surface area contributed by atoms with Crippen LogP contribution in [0.5, 0.6) is 0 Å². The second-order valence-corrected chi connectivity index (χ2v) is 6.80. The minimum Gasteiger partial charge on any atom is -0.370 e. The molecule has 3 aliphatic rings. The fourth-order valence-electron chi connectivity index (χ4n) is 3.93. The Bertz CT molecular complexity index is 631. The number of ether oxygens (including phenoxy) is 1. The molecule has 2 atom stereocenters. The van der Waals surface area contributed by atoms with Crippen LogP contribution in [0.1, 0.15) is 43.8 Å². The van der Waals surface area contributed by atoms with E-state index in [1.807, 2.05) is 14.5 Å². The van der Waals surface area contributed by atoms with Gasteiger partial charge in [0, 0.05) is 39.0 Å². The Morgan fingerprint density at radius 2 is 2.29 bits per heavy atom. The number of piperidine rings is 1. The summed E-state index contributed by atoms with van der Waals surface area (Å²) in [6.07, 6.45) is 5.51. The number of likely N-dealkylation sites (tertiary alicyclic amines) is 2. The SMILES string of the molecule is O=C1CCCN1CCCC(=O)N1CC[C@H]2OCc3cnnn3[C@@H]2C1. The van der Waals surface area contributed by atoms with Gasteiger partial charge >= 0.3 is 0 Å². The lowest BCUT2D eigenvalue weighted by Gasteiger charge is -2.41. The van der Waals surface area contributed by atoms with Crippen LogP contribution in [0.2, 0.25) is 0 Å². The Labute approximate surface area is 140 Å². The number of fused-ring (bicyclic) bond motifs is 3. The molecule has 0 radical (unpaired) electrons. The number of aromatic nitrogens is 3. The third kappa shape index (κ3) is 2.90. The van der Waals surface area contributed by atoms with Gasteiger partial charge in [0.25, 0.3) is 0 Å². The zero-order valence-electron chi connectivity index (χ0n) is 13.8. The van der Waals surface area contributed by atoms with E-state index in [-0.39, 0.29) is 24.0 Å². The Morgan fingerprint density at radius 1 is 1.38 bits per heavy atom. The molecule has 0 aromatic carbocycles. The summed E-state index contributed by atoms with van der Waals surface area (Å²) in [5.41, 5.74) is 0.970. The molecule has 24 heavy (non-hydrogen) atoms. The highest BCUT2D eigenvalue weighted by atomic mass is 16.5. The molecule has 1 aromatic heterocycles. The number of amides is 2. The van der Waals surface area contributed by atoms with Gasteiger partial charge in [-0.15, -0.1) is 5.10 Å². The summed E-state index contributed by atoms with van der Waals surface area (Å²) < 4.78 is 7.79. The molecule has 2 saturated heterocycles. The molecule has 0 spiro atoms. The van der Waals surface area contributed by atoms with Gasteiger partial charge in [0.2, 0.25) is 11.8 Å². The van der Waals surface area contributed by atoms with Crippen molar-refractivity contribution >= 4 is 11.8 Å². The third-order valence-corrected chi connectivity index (χ3v) is 5.27. The first-order valence-corrected chi connectivity index (χ1v) is 8.78. The number of rotatable bonds is 4. The maximum Gasteiger partial charge on any atom is 0.222 e. The van der Waals surface area contributed by atoms with Crippen LogP contribution in [-0.2, 0) is 20.9 Å². The summed E-state index contributed by atoms with van der Waals surface area (Å²) in [4.78, 5) is 27.9. The normalized spacial score (nSPS) is 26.4. The Hall–Kier alpha value is -1.96. The molecule has 2 amide bonds. The van der Waals surface area contributed by atoms with Crippen LogP contribution >= 0.6 is 0 Å². The van der Waals surface area contributed by atoms with Crippen LogP contribution in [0.3, 0.4) is 0 Å². The molecule has 8 nitrogen and oxygen atoms in total. The van der Waals surface area contributed by atoms with Crippen LogP contribution in [0, 0.1) is 0 Å². The first-order valence-electron chi connectivity index (χ1n) is 8.78. The maximum atomic E-state index is 12.5. The molecule has 4 heterocycles. The van der Waals surface area contributed by atoms with Crippen LogP contribution < -0.4 is 0 Å².